The second kappa shape index (κ2) is 7.39. The van der Waals surface area contributed by atoms with Crippen LogP contribution >= 0.6 is 0 Å². The number of rotatable bonds is 5. The maximum atomic E-state index is 6.06. The standard InChI is InChI=1S/C20H26N4/c1-15(24(2)19-9-4-3-5-10-19)14-22-20(21)23-18-12-11-16-7-6-8-17(16)13-18/h3-5,9-13,15H,6-8,14H2,1-2H3,(H3,21,22,23). The van der Waals surface area contributed by atoms with E-state index in [0.717, 1.165) is 5.69 Å². The SMILES string of the molecule is CC(CN=C(N)Nc1ccc2c(c1)CCC2)N(C)c1ccccc1. The number of para-hydroxylation sites is 1. The molecule has 0 radical (unpaired) electrons. The van der Waals surface area contributed by atoms with Gasteiger partial charge in [-0.05, 0) is 61.6 Å². The van der Waals surface area contributed by atoms with E-state index in [2.05, 4.69) is 59.5 Å². The van der Waals surface area contributed by atoms with Crippen molar-refractivity contribution in [3.63, 3.8) is 0 Å². The maximum absolute atomic E-state index is 6.06. The summed E-state index contributed by atoms with van der Waals surface area (Å²) in [5.41, 5.74) is 11.2. The summed E-state index contributed by atoms with van der Waals surface area (Å²) >= 11 is 0. The highest BCUT2D eigenvalue weighted by Crippen LogP contribution is 2.24. The minimum atomic E-state index is 0.271. The van der Waals surface area contributed by atoms with E-state index in [4.69, 9.17) is 5.73 Å². The van der Waals surface area contributed by atoms with E-state index in [-0.39, 0.29) is 6.04 Å². The van der Waals surface area contributed by atoms with Crippen molar-refractivity contribution in [2.24, 2.45) is 10.7 Å². The molecule has 0 heterocycles. The first-order chi connectivity index (χ1) is 11.6. The van der Waals surface area contributed by atoms with Gasteiger partial charge in [-0.25, -0.2) is 0 Å². The maximum Gasteiger partial charge on any atom is 0.193 e. The Morgan fingerprint density at radius 3 is 2.71 bits per heavy atom. The van der Waals surface area contributed by atoms with Crippen molar-refractivity contribution in [2.75, 3.05) is 23.8 Å². The molecule has 126 valence electrons. The van der Waals surface area contributed by atoms with Crippen molar-refractivity contribution in [3.05, 3.63) is 59.7 Å². The summed E-state index contributed by atoms with van der Waals surface area (Å²) in [6, 6.07) is 17.1. The third-order valence-corrected chi connectivity index (χ3v) is 4.72. The molecule has 0 aliphatic heterocycles. The first-order valence-corrected chi connectivity index (χ1v) is 8.60. The zero-order chi connectivity index (χ0) is 16.9. The highest BCUT2D eigenvalue weighted by atomic mass is 15.2. The number of aryl methyl sites for hydroxylation is 2. The average molecular weight is 322 g/mol. The Hall–Kier alpha value is -2.49. The molecule has 4 heteroatoms. The Labute approximate surface area is 144 Å². The summed E-state index contributed by atoms with van der Waals surface area (Å²) in [6.07, 6.45) is 3.62. The molecule has 1 aliphatic carbocycles. The molecule has 2 aromatic carbocycles. The van der Waals surface area contributed by atoms with Crippen molar-refractivity contribution < 1.29 is 0 Å². The molecule has 0 saturated carbocycles. The van der Waals surface area contributed by atoms with Gasteiger partial charge < -0.3 is 16.0 Å². The third-order valence-electron chi connectivity index (χ3n) is 4.72. The fourth-order valence-corrected chi connectivity index (χ4v) is 3.11. The number of nitrogens with zero attached hydrogens (tertiary/aromatic N) is 2. The summed E-state index contributed by atoms with van der Waals surface area (Å²) < 4.78 is 0. The number of hydrogen-bond donors (Lipinski definition) is 2. The molecule has 1 aliphatic rings. The van der Waals surface area contributed by atoms with Crippen molar-refractivity contribution in [1.82, 2.24) is 0 Å². The van der Waals surface area contributed by atoms with Gasteiger partial charge in [-0.3, -0.25) is 4.99 Å². The Bertz CT molecular complexity index is 709. The van der Waals surface area contributed by atoms with Crippen LogP contribution in [0.1, 0.15) is 24.5 Å². The third kappa shape index (κ3) is 3.88. The van der Waals surface area contributed by atoms with Crippen LogP contribution in [0.25, 0.3) is 0 Å². The number of aliphatic imine (C=N–C) groups is 1. The first-order valence-electron chi connectivity index (χ1n) is 8.60. The number of likely N-dealkylation sites (N-methyl/N-ethyl adjacent to an activating group) is 1. The van der Waals surface area contributed by atoms with Crippen molar-refractivity contribution in [1.29, 1.82) is 0 Å². The van der Waals surface area contributed by atoms with E-state index in [1.807, 2.05) is 18.2 Å². The Kier molecular flexibility index (Phi) is 5.04. The van der Waals surface area contributed by atoms with Gasteiger partial charge in [-0.2, -0.15) is 0 Å². The second-order valence-electron chi connectivity index (χ2n) is 6.48. The summed E-state index contributed by atoms with van der Waals surface area (Å²) in [5.74, 6) is 0.473. The smallest absolute Gasteiger partial charge is 0.193 e. The van der Waals surface area contributed by atoms with Crippen LogP contribution in [0.15, 0.2) is 53.5 Å². The van der Waals surface area contributed by atoms with Gasteiger partial charge in [-0.15, -0.1) is 0 Å². The molecule has 24 heavy (non-hydrogen) atoms. The number of fused-ring (bicyclic) bond motifs is 1. The summed E-state index contributed by atoms with van der Waals surface area (Å²) in [4.78, 5) is 6.72. The van der Waals surface area contributed by atoms with Crippen LogP contribution in [0.5, 0.6) is 0 Å². The first kappa shape index (κ1) is 16.4. The van der Waals surface area contributed by atoms with E-state index >= 15 is 0 Å². The number of guanidine groups is 1. The van der Waals surface area contributed by atoms with Crippen molar-refractivity contribution in [2.45, 2.75) is 32.2 Å². The summed E-state index contributed by atoms with van der Waals surface area (Å²) in [5, 5.41) is 3.21. The minimum Gasteiger partial charge on any atom is -0.370 e. The molecule has 2 aromatic rings. The van der Waals surface area contributed by atoms with E-state index in [9.17, 15) is 0 Å². The molecule has 0 bridgehead atoms. The van der Waals surface area contributed by atoms with Crippen LogP contribution < -0.4 is 16.0 Å². The monoisotopic (exact) mass is 322 g/mol. The molecular formula is C20H26N4. The van der Waals surface area contributed by atoms with Gasteiger partial charge in [0, 0.05) is 24.5 Å². The molecule has 0 fully saturated rings. The Morgan fingerprint density at radius 1 is 1.17 bits per heavy atom. The topological polar surface area (TPSA) is 53.6 Å². The number of nitrogens with one attached hydrogen (secondary N) is 1. The van der Waals surface area contributed by atoms with Crippen LogP contribution in [0.3, 0.4) is 0 Å². The number of hydrogen-bond acceptors (Lipinski definition) is 2. The van der Waals surface area contributed by atoms with Crippen LogP contribution in [0.2, 0.25) is 0 Å². The molecular weight excluding hydrogens is 296 g/mol. The summed E-state index contributed by atoms with van der Waals surface area (Å²) in [7, 11) is 2.08. The molecule has 0 spiro atoms. The quantitative estimate of drug-likeness (QED) is 0.655. The lowest BCUT2D eigenvalue weighted by molar-refractivity contribution is 0.696. The van der Waals surface area contributed by atoms with Gasteiger partial charge in [-0.1, -0.05) is 24.3 Å². The number of benzene rings is 2. The molecule has 1 unspecified atom stereocenters. The van der Waals surface area contributed by atoms with Gasteiger partial charge in [0.15, 0.2) is 5.96 Å². The molecule has 0 aromatic heterocycles. The van der Waals surface area contributed by atoms with Gasteiger partial charge >= 0.3 is 0 Å². The number of anilines is 2. The van der Waals surface area contributed by atoms with Crippen LogP contribution in [0, 0.1) is 0 Å². The largest absolute Gasteiger partial charge is 0.370 e. The minimum absolute atomic E-state index is 0.271. The molecule has 1 atom stereocenters. The average Bonchev–Trinajstić information content (AvgIpc) is 3.07. The van der Waals surface area contributed by atoms with Crippen LogP contribution in [-0.4, -0.2) is 25.6 Å². The number of nitrogens with two attached hydrogens (primary N) is 1. The van der Waals surface area contributed by atoms with Crippen molar-refractivity contribution in [3.8, 4) is 0 Å². The highest BCUT2D eigenvalue weighted by Gasteiger charge is 2.11. The lowest BCUT2D eigenvalue weighted by Gasteiger charge is -2.25. The van der Waals surface area contributed by atoms with Crippen molar-refractivity contribution >= 4 is 17.3 Å². The lowest BCUT2D eigenvalue weighted by Crippen LogP contribution is -2.33. The van der Waals surface area contributed by atoms with E-state index < -0.39 is 0 Å². The van der Waals surface area contributed by atoms with Gasteiger partial charge in [0.25, 0.3) is 0 Å². The zero-order valence-electron chi connectivity index (χ0n) is 14.5. The predicted molar refractivity (Wildman–Crippen MR) is 103 cm³/mol. The second-order valence-corrected chi connectivity index (χ2v) is 6.48. The van der Waals surface area contributed by atoms with E-state index in [1.165, 1.54) is 36.1 Å². The van der Waals surface area contributed by atoms with Gasteiger partial charge in [0.1, 0.15) is 0 Å². The fourth-order valence-electron chi connectivity index (χ4n) is 3.11. The van der Waals surface area contributed by atoms with Crippen LogP contribution in [0.4, 0.5) is 11.4 Å². The molecule has 0 amide bonds. The molecule has 4 nitrogen and oxygen atoms in total. The normalized spacial score (nSPS) is 15.0. The molecule has 0 saturated heterocycles. The van der Waals surface area contributed by atoms with Gasteiger partial charge in [0.05, 0.1) is 6.54 Å². The molecule has 3 N–H and O–H groups in total. The van der Waals surface area contributed by atoms with E-state index in [0.29, 0.717) is 12.5 Å². The van der Waals surface area contributed by atoms with Crippen LogP contribution in [-0.2, 0) is 12.8 Å². The Morgan fingerprint density at radius 2 is 1.92 bits per heavy atom. The molecule has 3 rings (SSSR count). The summed E-state index contributed by atoms with van der Waals surface area (Å²) in [6.45, 7) is 2.80. The zero-order valence-corrected chi connectivity index (χ0v) is 14.5. The van der Waals surface area contributed by atoms with E-state index in [1.54, 1.807) is 0 Å². The fraction of sp³-hybridized carbons (Fsp3) is 0.350. The Balaban J connectivity index is 1.58. The highest BCUT2D eigenvalue weighted by molar-refractivity contribution is 5.92. The lowest BCUT2D eigenvalue weighted by atomic mass is 10.1. The van der Waals surface area contributed by atoms with Gasteiger partial charge in [0.2, 0.25) is 0 Å². The predicted octanol–water partition coefficient (Wildman–Crippen LogP) is 3.43.